The Hall–Kier alpha value is -4.50. The highest BCUT2D eigenvalue weighted by atomic mass is 32.2. The average Bonchev–Trinajstić information content (AvgIpc) is 3.03. The Morgan fingerprint density at radius 3 is 2.00 bits per heavy atom. The van der Waals surface area contributed by atoms with Crippen molar-refractivity contribution in [1.29, 1.82) is 0 Å². The number of sulfonamides is 1. The number of hydrogen-bond donors (Lipinski definition) is 1. The minimum absolute atomic E-state index is 0.0268. The highest BCUT2D eigenvalue weighted by Crippen LogP contribution is 2.28. The number of carbonyl (C=O) groups excluding carboxylic acids is 2. The van der Waals surface area contributed by atoms with Crippen LogP contribution in [0.25, 0.3) is 0 Å². The van der Waals surface area contributed by atoms with Crippen LogP contribution in [-0.2, 0) is 39.0 Å². The van der Waals surface area contributed by atoms with E-state index in [9.17, 15) is 22.4 Å². The lowest BCUT2D eigenvalue weighted by Gasteiger charge is -2.34. The van der Waals surface area contributed by atoms with Crippen LogP contribution in [0.4, 0.5) is 10.1 Å². The summed E-state index contributed by atoms with van der Waals surface area (Å²) in [5.74, 6) is -1.58. The molecule has 1 atom stereocenters. The molecule has 0 radical (unpaired) electrons. The van der Waals surface area contributed by atoms with Crippen molar-refractivity contribution in [2.24, 2.45) is 0 Å². The molecule has 4 rings (SSSR count). The normalized spacial score (nSPS) is 11.9. The monoisotopic (exact) mass is 601 g/mol. The zero-order valence-corrected chi connectivity index (χ0v) is 25.1. The molecule has 0 spiro atoms. The molecule has 43 heavy (non-hydrogen) atoms. The summed E-state index contributed by atoms with van der Waals surface area (Å²) in [4.78, 5) is 29.2. The van der Waals surface area contributed by atoms with Crippen molar-refractivity contribution < 1.29 is 22.4 Å². The van der Waals surface area contributed by atoms with Gasteiger partial charge in [0.05, 0.1) is 10.6 Å². The molecular weight excluding hydrogens is 565 g/mol. The molecular formula is C34H36FN3O4S. The largest absolute Gasteiger partial charge is 0.355 e. The molecule has 4 aromatic carbocycles. The summed E-state index contributed by atoms with van der Waals surface area (Å²) < 4.78 is 44.2. The molecule has 0 aliphatic carbocycles. The van der Waals surface area contributed by atoms with Gasteiger partial charge in [0.1, 0.15) is 18.4 Å². The molecule has 0 aromatic heterocycles. The molecule has 1 N–H and O–H groups in total. The maximum Gasteiger partial charge on any atom is 0.264 e. The Morgan fingerprint density at radius 1 is 0.791 bits per heavy atom. The number of aryl methyl sites for hydroxylation is 1. The Bertz CT molecular complexity index is 1630. The Morgan fingerprint density at radius 2 is 1.37 bits per heavy atom. The van der Waals surface area contributed by atoms with E-state index in [2.05, 4.69) is 5.32 Å². The lowest BCUT2D eigenvalue weighted by atomic mass is 10.0. The zero-order chi connectivity index (χ0) is 30.8. The maximum absolute atomic E-state index is 14.9. The van der Waals surface area contributed by atoms with Crippen LogP contribution in [-0.4, -0.2) is 44.3 Å². The quantitative estimate of drug-likeness (QED) is 0.224. The number of amides is 2. The zero-order valence-electron chi connectivity index (χ0n) is 24.3. The number of likely N-dealkylation sites (N-methyl/N-ethyl adjacent to an activating group) is 1. The third-order valence-corrected chi connectivity index (χ3v) is 8.95. The van der Waals surface area contributed by atoms with Gasteiger partial charge < -0.3 is 10.2 Å². The van der Waals surface area contributed by atoms with Crippen LogP contribution in [0.2, 0.25) is 0 Å². The van der Waals surface area contributed by atoms with Gasteiger partial charge >= 0.3 is 0 Å². The number of benzene rings is 4. The van der Waals surface area contributed by atoms with Crippen LogP contribution in [0.3, 0.4) is 0 Å². The van der Waals surface area contributed by atoms with Crippen molar-refractivity contribution in [2.45, 2.75) is 44.2 Å². The lowest BCUT2D eigenvalue weighted by Crippen LogP contribution is -2.53. The standard InChI is InChI=1S/C34H36FN3O4S/c1-3-27-17-12-14-22-31(27)38(43(41,42)29-19-9-6-10-20-29)25-33(39)37(24-28-18-11-13-21-30(28)35)32(34(40)36-4-2)23-26-15-7-5-8-16-26/h5-22,32H,3-4,23-25H2,1-2H3,(H,36,40)/t32-/m1/s1. The Kier molecular flexibility index (Phi) is 10.7. The van der Waals surface area contributed by atoms with Gasteiger partial charge in [-0.25, -0.2) is 12.8 Å². The van der Waals surface area contributed by atoms with Crippen LogP contribution in [0, 0.1) is 5.82 Å². The number of hydrogen-bond acceptors (Lipinski definition) is 4. The van der Waals surface area contributed by atoms with E-state index >= 15 is 0 Å². The van der Waals surface area contributed by atoms with Gasteiger partial charge in [0, 0.05) is 25.1 Å². The SMILES string of the molecule is CCNC(=O)[C@@H](Cc1ccccc1)N(Cc1ccccc1F)C(=O)CN(c1ccccc1CC)S(=O)(=O)c1ccccc1. The summed E-state index contributed by atoms with van der Waals surface area (Å²) in [7, 11) is -4.20. The second-order valence-corrected chi connectivity index (χ2v) is 11.9. The molecule has 4 aromatic rings. The number of nitrogens with one attached hydrogen (secondary N) is 1. The summed E-state index contributed by atoms with van der Waals surface area (Å²) in [6.07, 6.45) is 0.684. The second-order valence-electron chi connectivity index (χ2n) is 10.0. The fraction of sp³-hybridized carbons (Fsp3) is 0.235. The molecule has 0 unspecified atom stereocenters. The summed E-state index contributed by atoms with van der Waals surface area (Å²) in [6, 6.07) is 29.2. The first kappa shape index (κ1) is 31.4. The van der Waals surface area contributed by atoms with E-state index in [1.807, 2.05) is 49.4 Å². The highest BCUT2D eigenvalue weighted by Gasteiger charge is 2.35. The van der Waals surface area contributed by atoms with Gasteiger partial charge in [0.25, 0.3) is 10.0 Å². The number of para-hydroxylation sites is 1. The van der Waals surface area contributed by atoms with Crippen molar-refractivity contribution >= 4 is 27.5 Å². The van der Waals surface area contributed by atoms with Crippen molar-refractivity contribution in [3.8, 4) is 0 Å². The van der Waals surface area contributed by atoms with E-state index in [0.29, 0.717) is 18.7 Å². The average molecular weight is 602 g/mol. The van der Waals surface area contributed by atoms with Crippen LogP contribution in [0.5, 0.6) is 0 Å². The minimum Gasteiger partial charge on any atom is -0.355 e. The van der Waals surface area contributed by atoms with Gasteiger partial charge in [-0.2, -0.15) is 0 Å². The second kappa shape index (κ2) is 14.6. The number of anilines is 1. The Balaban J connectivity index is 1.82. The van der Waals surface area contributed by atoms with Crippen molar-refractivity contribution in [3.05, 3.63) is 132 Å². The summed E-state index contributed by atoms with van der Waals surface area (Å²) >= 11 is 0. The molecule has 224 valence electrons. The molecule has 7 nitrogen and oxygen atoms in total. The minimum atomic E-state index is -4.20. The molecule has 0 aliphatic heterocycles. The van der Waals surface area contributed by atoms with Gasteiger partial charge in [0.15, 0.2) is 0 Å². The molecule has 2 amide bonds. The van der Waals surface area contributed by atoms with Gasteiger partial charge in [-0.05, 0) is 48.7 Å². The molecule has 0 saturated heterocycles. The first-order valence-electron chi connectivity index (χ1n) is 14.3. The fourth-order valence-electron chi connectivity index (χ4n) is 4.94. The molecule has 0 fully saturated rings. The number of nitrogens with zero attached hydrogens (tertiary/aromatic N) is 2. The highest BCUT2D eigenvalue weighted by molar-refractivity contribution is 7.92. The summed E-state index contributed by atoms with van der Waals surface area (Å²) in [5, 5.41) is 2.80. The smallest absolute Gasteiger partial charge is 0.264 e. The molecule has 0 saturated carbocycles. The number of halogens is 1. The molecule has 0 bridgehead atoms. The predicted octanol–water partition coefficient (Wildman–Crippen LogP) is 5.36. The van der Waals surface area contributed by atoms with Crippen LogP contribution in [0.1, 0.15) is 30.5 Å². The van der Waals surface area contributed by atoms with Gasteiger partial charge in [-0.15, -0.1) is 0 Å². The van der Waals surface area contributed by atoms with E-state index in [4.69, 9.17) is 0 Å². The van der Waals surface area contributed by atoms with Gasteiger partial charge in [-0.1, -0.05) is 91.9 Å². The van der Waals surface area contributed by atoms with Crippen molar-refractivity contribution in [1.82, 2.24) is 10.2 Å². The van der Waals surface area contributed by atoms with Crippen molar-refractivity contribution in [3.63, 3.8) is 0 Å². The van der Waals surface area contributed by atoms with Crippen LogP contribution >= 0.6 is 0 Å². The first-order valence-corrected chi connectivity index (χ1v) is 15.7. The van der Waals surface area contributed by atoms with E-state index in [1.165, 1.54) is 23.1 Å². The van der Waals surface area contributed by atoms with E-state index in [0.717, 1.165) is 15.4 Å². The summed E-state index contributed by atoms with van der Waals surface area (Å²) in [5.41, 5.74) is 2.12. The number of carbonyl (C=O) groups is 2. The Labute approximate surface area is 253 Å². The molecule has 0 heterocycles. The van der Waals surface area contributed by atoms with E-state index < -0.39 is 40.2 Å². The predicted molar refractivity (Wildman–Crippen MR) is 166 cm³/mol. The third kappa shape index (κ3) is 7.67. The molecule has 0 aliphatic rings. The van der Waals surface area contributed by atoms with Crippen LogP contribution in [0.15, 0.2) is 114 Å². The van der Waals surface area contributed by atoms with E-state index in [-0.39, 0.29) is 23.4 Å². The molecule has 9 heteroatoms. The topological polar surface area (TPSA) is 86.8 Å². The van der Waals surface area contributed by atoms with Gasteiger partial charge in [-0.3, -0.25) is 13.9 Å². The number of rotatable bonds is 13. The van der Waals surface area contributed by atoms with Crippen molar-refractivity contribution in [2.75, 3.05) is 17.4 Å². The third-order valence-electron chi connectivity index (χ3n) is 7.17. The van der Waals surface area contributed by atoms with E-state index in [1.54, 1.807) is 55.5 Å². The van der Waals surface area contributed by atoms with Gasteiger partial charge in [0.2, 0.25) is 11.8 Å². The lowest BCUT2D eigenvalue weighted by molar-refractivity contribution is -0.140. The summed E-state index contributed by atoms with van der Waals surface area (Å²) in [6.45, 7) is 3.19. The first-order chi connectivity index (χ1) is 20.8. The fourth-order valence-corrected chi connectivity index (χ4v) is 6.42. The maximum atomic E-state index is 14.9. The van der Waals surface area contributed by atoms with Crippen LogP contribution < -0.4 is 9.62 Å².